The van der Waals surface area contributed by atoms with Crippen LogP contribution in [0.25, 0.3) is 11.1 Å². The van der Waals surface area contributed by atoms with E-state index in [1.807, 2.05) is 18.2 Å². The summed E-state index contributed by atoms with van der Waals surface area (Å²) < 4.78 is 5.80. The van der Waals surface area contributed by atoms with Crippen LogP contribution in [0.4, 0.5) is 5.69 Å². The molecule has 19 heavy (non-hydrogen) atoms. The number of nitrogens with zero attached hydrogens (tertiary/aromatic N) is 2. The third-order valence-corrected chi connectivity index (χ3v) is 3.69. The molecule has 3 rings (SSSR count). The van der Waals surface area contributed by atoms with Gasteiger partial charge in [0, 0.05) is 6.04 Å². The maximum Gasteiger partial charge on any atom is 0.209 e. The second-order valence-electron chi connectivity index (χ2n) is 5.36. The van der Waals surface area contributed by atoms with E-state index in [0.717, 1.165) is 36.1 Å². The molecule has 4 nitrogen and oxygen atoms in total. The number of anilines is 1. The first kappa shape index (κ1) is 12.5. The number of rotatable bonds is 6. The molecule has 0 bridgehead atoms. The minimum Gasteiger partial charge on any atom is -0.439 e. The molecule has 0 atom stereocenters. The molecule has 0 saturated heterocycles. The molecule has 0 radical (unpaired) electrons. The highest BCUT2D eigenvalue weighted by atomic mass is 16.3. The first-order valence-electron chi connectivity index (χ1n) is 7.16. The molecule has 1 aromatic heterocycles. The Morgan fingerprint density at radius 2 is 2.26 bits per heavy atom. The summed E-state index contributed by atoms with van der Waals surface area (Å²) in [4.78, 5) is 7.03. The molecule has 102 valence electrons. The molecule has 1 aromatic carbocycles. The van der Waals surface area contributed by atoms with E-state index < -0.39 is 0 Å². The maximum atomic E-state index is 5.92. The molecule has 1 saturated carbocycles. The number of nitrogens with two attached hydrogens (primary N) is 1. The smallest absolute Gasteiger partial charge is 0.209 e. The quantitative estimate of drug-likeness (QED) is 0.809. The third-order valence-electron chi connectivity index (χ3n) is 3.69. The van der Waals surface area contributed by atoms with Crippen molar-refractivity contribution in [1.29, 1.82) is 0 Å². The average molecular weight is 259 g/mol. The van der Waals surface area contributed by atoms with Crippen molar-refractivity contribution in [1.82, 2.24) is 9.88 Å². The molecule has 0 amide bonds. The predicted octanol–water partition coefficient (Wildman–Crippen LogP) is 3.17. The maximum absolute atomic E-state index is 5.92. The molecule has 1 aliphatic carbocycles. The van der Waals surface area contributed by atoms with Crippen LogP contribution in [0.15, 0.2) is 22.6 Å². The van der Waals surface area contributed by atoms with E-state index in [-0.39, 0.29) is 0 Å². The van der Waals surface area contributed by atoms with E-state index >= 15 is 0 Å². The van der Waals surface area contributed by atoms with Crippen LogP contribution in [0.2, 0.25) is 0 Å². The van der Waals surface area contributed by atoms with Gasteiger partial charge in [0.25, 0.3) is 0 Å². The predicted molar refractivity (Wildman–Crippen MR) is 76.8 cm³/mol. The fraction of sp³-hybridized carbons (Fsp3) is 0.533. The average Bonchev–Trinajstić information content (AvgIpc) is 3.16. The summed E-state index contributed by atoms with van der Waals surface area (Å²) in [6.45, 7) is 4.17. The van der Waals surface area contributed by atoms with Crippen LogP contribution in [0.1, 0.15) is 38.5 Å². The Morgan fingerprint density at radius 1 is 1.42 bits per heavy atom. The molecule has 0 spiro atoms. The lowest BCUT2D eigenvalue weighted by molar-refractivity contribution is 0.228. The van der Waals surface area contributed by atoms with Crippen molar-refractivity contribution in [3.05, 3.63) is 24.1 Å². The van der Waals surface area contributed by atoms with Gasteiger partial charge in [-0.05, 0) is 37.9 Å². The first-order chi connectivity index (χ1) is 9.28. The summed E-state index contributed by atoms with van der Waals surface area (Å²) in [5.74, 6) is 0.788. The molecule has 2 aromatic rings. The van der Waals surface area contributed by atoms with Gasteiger partial charge in [0.15, 0.2) is 5.58 Å². The minimum absolute atomic E-state index is 0.694. The van der Waals surface area contributed by atoms with Gasteiger partial charge in [0.1, 0.15) is 5.52 Å². The Morgan fingerprint density at radius 3 is 2.95 bits per heavy atom. The van der Waals surface area contributed by atoms with Crippen LogP contribution in [-0.2, 0) is 6.54 Å². The zero-order chi connectivity index (χ0) is 13.2. The number of fused-ring (bicyclic) bond motifs is 1. The molecule has 0 unspecified atom stereocenters. The molecular formula is C15H21N3O. The summed E-state index contributed by atoms with van der Waals surface area (Å²) in [5, 5.41) is 0. The normalized spacial score (nSPS) is 15.5. The highest BCUT2D eigenvalue weighted by Gasteiger charge is 2.29. The summed E-state index contributed by atoms with van der Waals surface area (Å²) in [6, 6.07) is 6.43. The van der Waals surface area contributed by atoms with E-state index in [9.17, 15) is 0 Å². The number of aromatic nitrogens is 1. The number of nitrogen functional groups attached to an aromatic ring is 1. The van der Waals surface area contributed by atoms with Crippen LogP contribution in [0.5, 0.6) is 0 Å². The van der Waals surface area contributed by atoms with Gasteiger partial charge in [0.05, 0.1) is 12.2 Å². The second kappa shape index (κ2) is 5.21. The van der Waals surface area contributed by atoms with Crippen molar-refractivity contribution < 1.29 is 4.42 Å². The summed E-state index contributed by atoms with van der Waals surface area (Å²) >= 11 is 0. The SMILES string of the molecule is CCCCN(Cc1nc2c(N)cccc2o1)C1CC1. The second-order valence-corrected chi connectivity index (χ2v) is 5.36. The highest BCUT2D eigenvalue weighted by molar-refractivity contribution is 5.85. The van der Waals surface area contributed by atoms with Crippen LogP contribution in [0, 0.1) is 0 Å². The summed E-state index contributed by atoms with van der Waals surface area (Å²) in [7, 11) is 0. The van der Waals surface area contributed by atoms with Gasteiger partial charge < -0.3 is 10.2 Å². The molecule has 1 aliphatic rings. The van der Waals surface area contributed by atoms with Crippen molar-refractivity contribution in [2.45, 2.75) is 45.2 Å². The fourth-order valence-corrected chi connectivity index (χ4v) is 2.45. The topological polar surface area (TPSA) is 55.3 Å². The molecule has 1 fully saturated rings. The number of para-hydroxylation sites is 1. The molecule has 1 heterocycles. The number of hydrogen-bond acceptors (Lipinski definition) is 4. The van der Waals surface area contributed by atoms with Gasteiger partial charge >= 0.3 is 0 Å². The molecule has 0 aliphatic heterocycles. The molecule has 2 N–H and O–H groups in total. The van der Waals surface area contributed by atoms with Crippen molar-refractivity contribution in [2.75, 3.05) is 12.3 Å². The van der Waals surface area contributed by atoms with E-state index in [4.69, 9.17) is 10.2 Å². The van der Waals surface area contributed by atoms with Gasteiger partial charge in [-0.3, -0.25) is 4.90 Å². The Hall–Kier alpha value is -1.55. The van der Waals surface area contributed by atoms with Gasteiger partial charge in [-0.15, -0.1) is 0 Å². The Bertz CT molecular complexity index is 560. The monoisotopic (exact) mass is 259 g/mol. The van der Waals surface area contributed by atoms with E-state index in [2.05, 4.69) is 16.8 Å². The van der Waals surface area contributed by atoms with Gasteiger partial charge in [0.2, 0.25) is 5.89 Å². The van der Waals surface area contributed by atoms with E-state index in [1.54, 1.807) is 0 Å². The van der Waals surface area contributed by atoms with Crippen molar-refractivity contribution >= 4 is 16.8 Å². The lowest BCUT2D eigenvalue weighted by atomic mass is 10.3. The number of benzene rings is 1. The standard InChI is InChI=1S/C15H21N3O/c1-2-3-9-18(11-7-8-11)10-14-17-15-12(16)5-4-6-13(15)19-14/h4-6,11H,2-3,7-10,16H2,1H3. The van der Waals surface area contributed by atoms with Crippen LogP contribution in [0.3, 0.4) is 0 Å². The zero-order valence-corrected chi connectivity index (χ0v) is 11.4. The Labute approximate surface area is 113 Å². The van der Waals surface area contributed by atoms with Crippen LogP contribution >= 0.6 is 0 Å². The largest absolute Gasteiger partial charge is 0.439 e. The van der Waals surface area contributed by atoms with E-state index in [1.165, 1.54) is 25.7 Å². The molecule has 4 heteroatoms. The molecular weight excluding hydrogens is 238 g/mol. The van der Waals surface area contributed by atoms with Gasteiger partial charge in [-0.25, -0.2) is 4.98 Å². The van der Waals surface area contributed by atoms with Crippen molar-refractivity contribution in [2.24, 2.45) is 0 Å². The van der Waals surface area contributed by atoms with Crippen LogP contribution < -0.4 is 5.73 Å². The minimum atomic E-state index is 0.694. The Kier molecular flexibility index (Phi) is 3.42. The van der Waals surface area contributed by atoms with Crippen molar-refractivity contribution in [3.8, 4) is 0 Å². The van der Waals surface area contributed by atoms with Crippen molar-refractivity contribution in [3.63, 3.8) is 0 Å². The van der Waals surface area contributed by atoms with Gasteiger partial charge in [-0.1, -0.05) is 19.4 Å². The highest BCUT2D eigenvalue weighted by Crippen LogP contribution is 2.29. The fourth-order valence-electron chi connectivity index (χ4n) is 2.45. The summed E-state index contributed by atoms with van der Waals surface area (Å²) in [6.07, 6.45) is 5.08. The Balaban J connectivity index is 1.77. The number of unbranched alkanes of at least 4 members (excludes halogenated alkanes) is 1. The van der Waals surface area contributed by atoms with Crippen LogP contribution in [-0.4, -0.2) is 22.5 Å². The zero-order valence-electron chi connectivity index (χ0n) is 11.4. The lowest BCUT2D eigenvalue weighted by Crippen LogP contribution is -2.26. The third kappa shape index (κ3) is 2.73. The van der Waals surface area contributed by atoms with Gasteiger partial charge in [-0.2, -0.15) is 0 Å². The number of oxazole rings is 1. The van der Waals surface area contributed by atoms with E-state index in [0.29, 0.717) is 5.69 Å². The first-order valence-corrected chi connectivity index (χ1v) is 7.16. The number of hydrogen-bond donors (Lipinski definition) is 1. The lowest BCUT2D eigenvalue weighted by Gasteiger charge is -2.19. The summed E-state index contributed by atoms with van der Waals surface area (Å²) in [5.41, 5.74) is 8.20.